The van der Waals surface area contributed by atoms with Crippen LogP contribution in [0.5, 0.6) is 23.0 Å². The van der Waals surface area contributed by atoms with E-state index in [0.29, 0.717) is 52.4 Å². The van der Waals surface area contributed by atoms with Crippen molar-refractivity contribution in [3.8, 4) is 23.0 Å². The van der Waals surface area contributed by atoms with Crippen molar-refractivity contribution in [2.75, 3.05) is 47.7 Å². The van der Waals surface area contributed by atoms with Crippen LogP contribution in [0.25, 0.3) is 32.6 Å². The zero-order valence-corrected chi connectivity index (χ0v) is 23.7. The normalized spacial score (nSPS) is 14.7. The molecule has 40 heavy (non-hydrogen) atoms. The number of rotatable bonds is 6. The van der Waals surface area contributed by atoms with E-state index in [1.807, 2.05) is 39.1 Å². The van der Waals surface area contributed by atoms with Gasteiger partial charge in [0.2, 0.25) is 12.7 Å². The highest BCUT2D eigenvalue weighted by Crippen LogP contribution is 2.40. The molecule has 2 aromatic carbocycles. The van der Waals surface area contributed by atoms with Crippen molar-refractivity contribution < 1.29 is 23.7 Å². The second kappa shape index (κ2) is 11.6. The Labute approximate surface area is 232 Å². The number of hydrogen-bond acceptors (Lipinski definition) is 8. The van der Waals surface area contributed by atoms with Crippen LogP contribution in [0.1, 0.15) is 26.7 Å². The second-order valence-corrected chi connectivity index (χ2v) is 9.74. The van der Waals surface area contributed by atoms with Gasteiger partial charge in [0.1, 0.15) is 0 Å². The van der Waals surface area contributed by atoms with E-state index < -0.39 is 0 Å². The summed E-state index contributed by atoms with van der Waals surface area (Å²) in [6.45, 7) is 6.55. The number of ether oxygens (including phenoxy) is 4. The summed E-state index contributed by atoms with van der Waals surface area (Å²) in [4.78, 5) is 33.6. The van der Waals surface area contributed by atoms with Crippen molar-refractivity contribution >= 4 is 38.5 Å². The minimum atomic E-state index is -0.179. The Morgan fingerprint density at radius 2 is 1.65 bits per heavy atom. The first-order valence-electron chi connectivity index (χ1n) is 13.8. The van der Waals surface area contributed by atoms with Gasteiger partial charge in [0.05, 0.1) is 30.6 Å². The van der Waals surface area contributed by atoms with Crippen LogP contribution in [0, 0.1) is 5.92 Å². The van der Waals surface area contributed by atoms with Gasteiger partial charge in [-0.1, -0.05) is 13.8 Å². The van der Waals surface area contributed by atoms with E-state index in [1.165, 1.54) is 0 Å². The van der Waals surface area contributed by atoms with Gasteiger partial charge in [-0.25, -0.2) is 0 Å². The molecular formula is C30H36N4O6. The molecule has 0 aliphatic carbocycles. The van der Waals surface area contributed by atoms with Gasteiger partial charge in [-0.3, -0.25) is 14.6 Å². The Morgan fingerprint density at radius 1 is 1.00 bits per heavy atom. The molecule has 0 saturated carbocycles. The molecule has 0 bridgehead atoms. The number of likely N-dealkylation sites (N-methyl/N-ethyl adjacent to an activating group) is 1. The van der Waals surface area contributed by atoms with Crippen molar-refractivity contribution in [2.24, 2.45) is 5.92 Å². The first-order chi connectivity index (χ1) is 19.5. The standard InChI is InChI=1S/C28H30N4O6.C2H6/c1-31(27(33)16-4-6-29-7-5-16)8-9-32-26-19-12-24-25(38-15-37-24)13-21(19)30-14-20(26)17-10-22(35-2)23(36-3)11-18(17)28(32)34;1-2/h10-14,16,29H,4-9,15H2,1-3H3;1-2H3. The highest BCUT2D eigenvalue weighted by Gasteiger charge is 2.25. The maximum atomic E-state index is 14.1. The number of benzene rings is 2. The molecule has 1 N–H and O–H groups in total. The molecule has 2 aliphatic rings. The number of carbonyl (C=O) groups is 1. The monoisotopic (exact) mass is 548 g/mol. The predicted octanol–water partition coefficient (Wildman–Crippen LogP) is 3.93. The Balaban J connectivity index is 0.00000158. The number of nitrogens with one attached hydrogen (secondary N) is 1. The Morgan fingerprint density at radius 3 is 2.33 bits per heavy atom. The minimum absolute atomic E-state index is 0.00723. The van der Waals surface area contributed by atoms with E-state index in [4.69, 9.17) is 23.9 Å². The molecular weight excluding hydrogens is 512 g/mol. The molecule has 4 aromatic rings. The molecule has 0 atom stereocenters. The maximum Gasteiger partial charge on any atom is 0.259 e. The summed E-state index contributed by atoms with van der Waals surface area (Å²) in [6, 6.07) is 7.23. The molecule has 1 fully saturated rings. The number of amides is 1. The Bertz CT molecular complexity index is 1630. The van der Waals surface area contributed by atoms with E-state index in [0.717, 1.165) is 42.2 Å². The van der Waals surface area contributed by atoms with Crippen molar-refractivity contribution in [3.63, 3.8) is 0 Å². The third kappa shape index (κ3) is 4.77. The molecule has 2 aliphatic heterocycles. The zero-order valence-electron chi connectivity index (χ0n) is 23.7. The van der Waals surface area contributed by atoms with E-state index in [1.54, 1.807) is 35.9 Å². The van der Waals surface area contributed by atoms with Crippen molar-refractivity contribution in [3.05, 3.63) is 40.8 Å². The molecule has 10 heteroatoms. The van der Waals surface area contributed by atoms with Crippen molar-refractivity contribution in [2.45, 2.75) is 33.2 Å². The molecule has 1 saturated heterocycles. The molecule has 10 nitrogen and oxygen atoms in total. The summed E-state index contributed by atoms with van der Waals surface area (Å²) in [7, 11) is 4.92. The van der Waals surface area contributed by atoms with Crippen LogP contribution in [0.15, 0.2) is 35.3 Å². The van der Waals surface area contributed by atoms with E-state index in [-0.39, 0.29) is 24.2 Å². The number of piperidine rings is 1. The molecule has 0 radical (unpaired) electrons. The summed E-state index contributed by atoms with van der Waals surface area (Å²) in [6.07, 6.45) is 3.42. The van der Waals surface area contributed by atoms with Crippen LogP contribution >= 0.6 is 0 Å². The molecule has 2 aromatic heterocycles. The number of hydrogen-bond donors (Lipinski definition) is 1. The molecule has 0 unspecified atom stereocenters. The summed E-state index contributed by atoms with van der Waals surface area (Å²) in [5, 5.41) is 6.07. The summed E-state index contributed by atoms with van der Waals surface area (Å²) < 4.78 is 24.0. The Kier molecular flexibility index (Phi) is 7.97. The van der Waals surface area contributed by atoms with Crippen molar-refractivity contribution in [1.82, 2.24) is 19.8 Å². The lowest BCUT2D eigenvalue weighted by Crippen LogP contribution is -2.41. The van der Waals surface area contributed by atoms with Gasteiger partial charge < -0.3 is 33.7 Å². The number of carbonyl (C=O) groups excluding carboxylic acids is 1. The number of aromatic nitrogens is 2. The fourth-order valence-corrected chi connectivity index (χ4v) is 5.54. The SMILES string of the molecule is CC.COc1cc2c(=O)n(CCN(C)C(=O)C3CCNCC3)c3c4cc5c(cc4ncc3c2cc1OC)OCO5. The second-order valence-electron chi connectivity index (χ2n) is 9.74. The largest absolute Gasteiger partial charge is 0.493 e. The van der Waals surface area contributed by atoms with Gasteiger partial charge >= 0.3 is 0 Å². The lowest BCUT2D eigenvalue weighted by atomic mass is 9.97. The highest BCUT2D eigenvalue weighted by molar-refractivity contribution is 6.15. The van der Waals surface area contributed by atoms with Gasteiger partial charge in [-0.2, -0.15) is 0 Å². The fraction of sp³-hybridized carbons (Fsp3) is 0.433. The lowest BCUT2D eigenvalue weighted by molar-refractivity contribution is -0.135. The van der Waals surface area contributed by atoms with E-state index in [2.05, 4.69) is 5.32 Å². The number of pyridine rings is 2. The van der Waals surface area contributed by atoms with Gasteiger partial charge in [0.15, 0.2) is 23.0 Å². The van der Waals surface area contributed by atoms with E-state index in [9.17, 15) is 9.59 Å². The van der Waals surface area contributed by atoms with Crippen LogP contribution in [-0.4, -0.2) is 68.1 Å². The van der Waals surface area contributed by atoms with Crippen LogP contribution < -0.4 is 29.8 Å². The topological polar surface area (TPSA) is 104 Å². The van der Waals surface area contributed by atoms with Gasteiger partial charge in [0.25, 0.3) is 5.56 Å². The third-order valence-corrected chi connectivity index (χ3v) is 7.62. The first kappa shape index (κ1) is 27.5. The molecule has 1 amide bonds. The Hall–Kier alpha value is -4.05. The number of fused-ring (bicyclic) bond motifs is 6. The zero-order chi connectivity index (χ0) is 28.4. The summed E-state index contributed by atoms with van der Waals surface area (Å²) in [5.41, 5.74) is 1.23. The molecule has 0 spiro atoms. The molecule has 212 valence electrons. The lowest BCUT2D eigenvalue weighted by Gasteiger charge is -2.27. The number of nitrogens with zero attached hydrogens (tertiary/aromatic N) is 3. The van der Waals surface area contributed by atoms with Gasteiger partial charge in [0, 0.05) is 54.5 Å². The van der Waals surface area contributed by atoms with Crippen molar-refractivity contribution in [1.29, 1.82) is 0 Å². The first-order valence-corrected chi connectivity index (χ1v) is 13.8. The third-order valence-electron chi connectivity index (χ3n) is 7.62. The fourth-order valence-electron chi connectivity index (χ4n) is 5.54. The van der Waals surface area contributed by atoms with Crippen LogP contribution in [0.3, 0.4) is 0 Å². The van der Waals surface area contributed by atoms with Crippen LogP contribution in [0.4, 0.5) is 0 Å². The molecule has 6 rings (SSSR count). The summed E-state index contributed by atoms with van der Waals surface area (Å²) in [5.74, 6) is 2.35. The smallest absolute Gasteiger partial charge is 0.259 e. The van der Waals surface area contributed by atoms with Crippen LogP contribution in [0.2, 0.25) is 0 Å². The minimum Gasteiger partial charge on any atom is -0.493 e. The number of methoxy groups -OCH3 is 2. The highest BCUT2D eigenvalue weighted by atomic mass is 16.7. The van der Waals surface area contributed by atoms with Gasteiger partial charge in [-0.15, -0.1) is 0 Å². The van der Waals surface area contributed by atoms with Crippen LogP contribution in [-0.2, 0) is 11.3 Å². The average molecular weight is 549 g/mol. The van der Waals surface area contributed by atoms with E-state index >= 15 is 0 Å². The predicted molar refractivity (Wildman–Crippen MR) is 155 cm³/mol. The quantitative estimate of drug-likeness (QED) is 0.362. The van der Waals surface area contributed by atoms with Gasteiger partial charge in [-0.05, 0) is 44.1 Å². The maximum absolute atomic E-state index is 14.1. The molecule has 4 heterocycles. The summed E-state index contributed by atoms with van der Waals surface area (Å²) >= 11 is 0. The average Bonchev–Trinajstić information content (AvgIpc) is 3.47.